The highest BCUT2D eigenvalue weighted by atomic mass is 16.4. The zero-order chi connectivity index (χ0) is 13.0. The first-order valence-corrected chi connectivity index (χ1v) is 6.72. The average molecular weight is 247 g/mol. The van der Waals surface area contributed by atoms with Crippen LogP contribution in [-0.2, 0) is 17.8 Å². The van der Waals surface area contributed by atoms with E-state index < -0.39 is 5.97 Å². The molecule has 1 N–H and O–H groups in total. The molecule has 0 saturated carbocycles. The van der Waals surface area contributed by atoms with Crippen LogP contribution < -0.4 is 0 Å². The maximum Gasteiger partial charge on any atom is 0.307 e. The van der Waals surface area contributed by atoms with Gasteiger partial charge in [0.1, 0.15) is 0 Å². The summed E-state index contributed by atoms with van der Waals surface area (Å²) in [7, 11) is 0. The summed E-state index contributed by atoms with van der Waals surface area (Å²) >= 11 is 0. The molecule has 1 fully saturated rings. The molecule has 1 aromatic carbocycles. The third-order valence-corrected chi connectivity index (χ3v) is 3.75. The Morgan fingerprint density at radius 3 is 2.78 bits per heavy atom. The summed E-state index contributed by atoms with van der Waals surface area (Å²) in [5, 5.41) is 9.10. The third kappa shape index (κ3) is 3.10. The topological polar surface area (TPSA) is 40.5 Å². The van der Waals surface area contributed by atoms with E-state index >= 15 is 0 Å². The molecule has 3 nitrogen and oxygen atoms in total. The minimum Gasteiger partial charge on any atom is -0.481 e. The largest absolute Gasteiger partial charge is 0.481 e. The molecule has 1 aliphatic heterocycles. The molecule has 1 atom stereocenters. The van der Waals surface area contributed by atoms with E-state index in [1.165, 1.54) is 11.1 Å². The van der Waals surface area contributed by atoms with Gasteiger partial charge in [-0.05, 0) is 36.9 Å². The highest BCUT2D eigenvalue weighted by Gasteiger charge is 2.25. The molecule has 0 amide bonds. The van der Waals surface area contributed by atoms with E-state index in [4.69, 9.17) is 5.11 Å². The first kappa shape index (κ1) is 13.1. The van der Waals surface area contributed by atoms with Crippen molar-refractivity contribution in [3.63, 3.8) is 0 Å². The SMILES string of the molecule is CCc1ccccc1CN1CCCC(C(=O)O)C1. The predicted octanol–water partition coefficient (Wildman–Crippen LogP) is 2.55. The van der Waals surface area contributed by atoms with Crippen molar-refractivity contribution in [3.05, 3.63) is 35.4 Å². The van der Waals surface area contributed by atoms with Crippen LogP contribution >= 0.6 is 0 Å². The summed E-state index contributed by atoms with van der Waals surface area (Å²) < 4.78 is 0. The van der Waals surface area contributed by atoms with Crippen LogP contribution in [-0.4, -0.2) is 29.1 Å². The van der Waals surface area contributed by atoms with Crippen LogP contribution in [0.1, 0.15) is 30.9 Å². The molecule has 1 unspecified atom stereocenters. The van der Waals surface area contributed by atoms with Gasteiger partial charge in [-0.3, -0.25) is 9.69 Å². The number of likely N-dealkylation sites (tertiary alicyclic amines) is 1. The number of rotatable bonds is 4. The van der Waals surface area contributed by atoms with Gasteiger partial charge in [0, 0.05) is 13.1 Å². The molecule has 0 aliphatic carbocycles. The molecule has 1 aromatic rings. The second-order valence-corrected chi connectivity index (χ2v) is 5.03. The van der Waals surface area contributed by atoms with Gasteiger partial charge in [-0.1, -0.05) is 31.2 Å². The Morgan fingerprint density at radius 1 is 1.39 bits per heavy atom. The standard InChI is InChI=1S/C15H21NO2/c1-2-12-6-3-4-7-13(12)10-16-9-5-8-14(11-16)15(17)18/h3-4,6-7,14H,2,5,8-11H2,1H3,(H,17,18). The summed E-state index contributed by atoms with van der Waals surface area (Å²) in [6, 6.07) is 8.45. The van der Waals surface area contributed by atoms with Gasteiger partial charge in [-0.15, -0.1) is 0 Å². The second kappa shape index (κ2) is 6.01. The van der Waals surface area contributed by atoms with Gasteiger partial charge in [0.25, 0.3) is 0 Å². The molecule has 1 heterocycles. The lowest BCUT2D eigenvalue weighted by molar-refractivity contribution is -0.143. The quantitative estimate of drug-likeness (QED) is 0.889. The molecule has 2 rings (SSSR count). The van der Waals surface area contributed by atoms with E-state index in [9.17, 15) is 4.79 Å². The first-order valence-electron chi connectivity index (χ1n) is 6.72. The first-order chi connectivity index (χ1) is 8.70. The molecule has 0 aromatic heterocycles. The Bertz CT molecular complexity index is 417. The molecule has 0 bridgehead atoms. The number of aliphatic carboxylic acids is 1. The van der Waals surface area contributed by atoms with Crippen molar-refractivity contribution in [3.8, 4) is 0 Å². The lowest BCUT2D eigenvalue weighted by atomic mass is 9.97. The number of nitrogens with zero attached hydrogens (tertiary/aromatic N) is 1. The van der Waals surface area contributed by atoms with E-state index in [-0.39, 0.29) is 5.92 Å². The zero-order valence-corrected chi connectivity index (χ0v) is 10.9. The molecule has 1 saturated heterocycles. The van der Waals surface area contributed by atoms with Crippen molar-refractivity contribution in [2.24, 2.45) is 5.92 Å². The molecule has 1 aliphatic rings. The fourth-order valence-electron chi connectivity index (χ4n) is 2.70. The Hall–Kier alpha value is -1.35. The van der Waals surface area contributed by atoms with Crippen molar-refractivity contribution in [1.82, 2.24) is 4.90 Å². The van der Waals surface area contributed by atoms with Crippen molar-refractivity contribution < 1.29 is 9.90 Å². The van der Waals surface area contributed by atoms with Gasteiger partial charge >= 0.3 is 5.97 Å². The minimum absolute atomic E-state index is 0.187. The number of aryl methyl sites for hydroxylation is 1. The van der Waals surface area contributed by atoms with Gasteiger partial charge in [-0.25, -0.2) is 0 Å². The number of piperidine rings is 1. The predicted molar refractivity (Wildman–Crippen MR) is 71.5 cm³/mol. The van der Waals surface area contributed by atoms with Crippen LogP contribution in [0.25, 0.3) is 0 Å². The summed E-state index contributed by atoms with van der Waals surface area (Å²) in [6.07, 6.45) is 2.85. The fourth-order valence-corrected chi connectivity index (χ4v) is 2.70. The third-order valence-electron chi connectivity index (χ3n) is 3.75. The van der Waals surface area contributed by atoms with Gasteiger partial charge in [0.05, 0.1) is 5.92 Å². The maximum absolute atomic E-state index is 11.0. The Morgan fingerprint density at radius 2 is 2.11 bits per heavy atom. The van der Waals surface area contributed by atoms with E-state index in [0.717, 1.165) is 32.4 Å². The monoisotopic (exact) mass is 247 g/mol. The van der Waals surface area contributed by atoms with Crippen molar-refractivity contribution in [1.29, 1.82) is 0 Å². The summed E-state index contributed by atoms with van der Waals surface area (Å²) in [4.78, 5) is 13.3. The molecule has 98 valence electrons. The van der Waals surface area contributed by atoms with E-state index in [1.807, 2.05) is 0 Å². The number of benzene rings is 1. The number of carboxylic acids is 1. The van der Waals surface area contributed by atoms with Crippen molar-refractivity contribution in [2.75, 3.05) is 13.1 Å². The van der Waals surface area contributed by atoms with Crippen molar-refractivity contribution >= 4 is 5.97 Å². The lowest BCUT2D eigenvalue weighted by Crippen LogP contribution is -2.38. The molecule has 18 heavy (non-hydrogen) atoms. The maximum atomic E-state index is 11.0. The smallest absolute Gasteiger partial charge is 0.307 e. The Labute approximate surface area is 108 Å². The highest BCUT2D eigenvalue weighted by Crippen LogP contribution is 2.20. The Balaban J connectivity index is 2.02. The number of hydrogen-bond acceptors (Lipinski definition) is 2. The highest BCUT2D eigenvalue weighted by molar-refractivity contribution is 5.70. The van der Waals surface area contributed by atoms with E-state index in [0.29, 0.717) is 6.54 Å². The lowest BCUT2D eigenvalue weighted by Gasteiger charge is -2.31. The fraction of sp³-hybridized carbons (Fsp3) is 0.533. The summed E-state index contributed by atoms with van der Waals surface area (Å²) in [5.41, 5.74) is 2.71. The van der Waals surface area contributed by atoms with Crippen molar-refractivity contribution in [2.45, 2.75) is 32.7 Å². The average Bonchev–Trinajstić information content (AvgIpc) is 2.39. The second-order valence-electron chi connectivity index (χ2n) is 5.03. The van der Waals surface area contributed by atoms with Crippen LogP contribution in [0.15, 0.2) is 24.3 Å². The van der Waals surface area contributed by atoms with E-state index in [2.05, 4.69) is 36.1 Å². The van der Waals surface area contributed by atoms with Crippen LogP contribution in [0.3, 0.4) is 0 Å². The summed E-state index contributed by atoms with van der Waals surface area (Å²) in [5.74, 6) is -0.837. The van der Waals surface area contributed by atoms with Gasteiger partial charge in [0.15, 0.2) is 0 Å². The van der Waals surface area contributed by atoms with E-state index in [1.54, 1.807) is 0 Å². The molecular formula is C15H21NO2. The zero-order valence-electron chi connectivity index (χ0n) is 10.9. The number of hydrogen-bond donors (Lipinski definition) is 1. The Kier molecular flexibility index (Phi) is 4.37. The molecule has 0 radical (unpaired) electrons. The van der Waals surface area contributed by atoms with Crippen LogP contribution in [0.5, 0.6) is 0 Å². The number of carboxylic acid groups (broad SMARTS) is 1. The molecule has 3 heteroatoms. The summed E-state index contributed by atoms with van der Waals surface area (Å²) in [6.45, 7) is 4.75. The normalized spacial score (nSPS) is 20.8. The van der Waals surface area contributed by atoms with Gasteiger partial charge < -0.3 is 5.11 Å². The number of carbonyl (C=O) groups is 1. The minimum atomic E-state index is -0.650. The molecule has 0 spiro atoms. The van der Waals surface area contributed by atoms with Crippen LogP contribution in [0.2, 0.25) is 0 Å². The van der Waals surface area contributed by atoms with Gasteiger partial charge in [0.2, 0.25) is 0 Å². The van der Waals surface area contributed by atoms with Gasteiger partial charge in [-0.2, -0.15) is 0 Å². The van der Waals surface area contributed by atoms with Crippen LogP contribution in [0, 0.1) is 5.92 Å². The van der Waals surface area contributed by atoms with Crippen LogP contribution in [0.4, 0.5) is 0 Å². The molecular weight excluding hydrogens is 226 g/mol.